The molecule has 28 heavy (non-hydrogen) atoms. The molecule has 152 valence electrons. The summed E-state index contributed by atoms with van der Waals surface area (Å²) in [6, 6.07) is 0.548. The predicted octanol–water partition coefficient (Wildman–Crippen LogP) is 0.991. The van der Waals surface area contributed by atoms with Crippen LogP contribution in [0.15, 0.2) is 4.63 Å². The molecular weight excluding hydrogens is 378 g/mol. The molecule has 0 bridgehead atoms. The van der Waals surface area contributed by atoms with E-state index < -0.39 is 0 Å². The fourth-order valence-corrected chi connectivity index (χ4v) is 5.48. The van der Waals surface area contributed by atoms with Gasteiger partial charge in [-0.05, 0) is 42.5 Å². The molecule has 3 aliphatic rings. The van der Waals surface area contributed by atoms with Crippen molar-refractivity contribution in [1.82, 2.24) is 25.2 Å². The van der Waals surface area contributed by atoms with Gasteiger partial charge in [-0.1, -0.05) is 0 Å². The zero-order valence-corrected chi connectivity index (χ0v) is 16.9. The Hall–Kier alpha value is -1.65. The maximum absolute atomic E-state index is 10.0. The Kier molecular flexibility index (Phi) is 5.25. The van der Waals surface area contributed by atoms with Crippen LogP contribution in [0.3, 0.4) is 0 Å². The lowest BCUT2D eigenvalue weighted by Crippen LogP contribution is -2.50. The topological polar surface area (TPSA) is 94.6 Å². The van der Waals surface area contributed by atoms with Crippen molar-refractivity contribution in [2.24, 2.45) is 0 Å². The lowest BCUT2D eigenvalue weighted by molar-refractivity contribution is 0.0398. The molecule has 0 radical (unpaired) electrons. The minimum atomic E-state index is -0.164. The van der Waals surface area contributed by atoms with Crippen molar-refractivity contribution in [3.63, 3.8) is 0 Å². The van der Waals surface area contributed by atoms with Crippen molar-refractivity contribution >= 4 is 34.7 Å². The summed E-state index contributed by atoms with van der Waals surface area (Å²) in [7, 11) is 0. The molecule has 1 N–H and O–H groups in total. The van der Waals surface area contributed by atoms with Gasteiger partial charge in [0.2, 0.25) is 11.3 Å². The number of aromatic nitrogens is 4. The Labute approximate surface area is 168 Å². The second-order valence-corrected chi connectivity index (χ2v) is 9.12. The van der Waals surface area contributed by atoms with Crippen molar-refractivity contribution < 1.29 is 9.74 Å². The molecule has 1 atom stereocenters. The van der Waals surface area contributed by atoms with Gasteiger partial charge in [-0.25, -0.2) is 14.6 Å². The first-order valence-corrected chi connectivity index (χ1v) is 11.4. The van der Waals surface area contributed by atoms with Crippen LogP contribution in [0.1, 0.15) is 25.7 Å². The number of hydrogen-bond donors (Lipinski definition) is 1. The Morgan fingerprint density at radius 1 is 0.857 bits per heavy atom. The Balaban J connectivity index is 1.35. The van der Waals surface area contributed by atoms with Crippen LogP contribution in [0.4, 0.5) is 11.6 Å². The highest BCUT2D eigenvalue weighted by Crippen LogP contribution is 2.32. The predicted molar refractivity (Wildman–Crippen MR) is 109 cm³/mol. The van der Waals surface area contributed by atoms with E-state index in [2.05, 4.69) is 25.0 Å². The third-order valence-electron chi connectivity index (χ3n) is 6.10. The van der Waals surface area contributed by atoms with Gasteiger partial charge in [0.25, 0.3) is 0 Å². The molecule has 2 aromatic rings. The average molecular weight is 406 g/mol. The number of β-amino-alcohol motifs (C(OH)–C–C–N with tert-alkyl or cyclic N) is 1. The number of thioether (sulfide) groups is 1. The summed E-state index contributed by atoms with van der Waals surface area (Å²) in [6.45, 7) is 5.76. The molecule has 10 heteroatoms. The van der Waals surface area contributed by atoms with E-state index in [4.69, 9.17) is 14.6 Å². The molecule has 0 aliphatic carbocycles. The number of likely N-dealkylation sites (tertiary alicyclic amines) is 1. The maximum atomic E-state index is 10.0. The Morgan fingerprint density at radius 2 is 1.50 bits per heavy atom. The second-order valence-electron chi connectivity index (χ2n) is 7.89. The third-order valence-corrected chi connectivity index (χ3v) is 7.04. The molecule has 0 saturated carbocycles. The highest BCUT2D eigenvalue weighted by Gasteiger charge is 2.31. The zero-order valence-electron chi connectivity index (χ0n) is 16.0. The average Bonchev–Trinajstić information content (AvgIpc) is 3.21. The van der Waals surface area contributed by atoms with Crippen molar-refractivity contribution in [2.45, 2.75) is 37.8 Å². The number of hydrogen-bond acceptors (Lipinski definition) is 10. The summed E-state index contributed by atoms with van der Waals surface area (Å²) in [5.74, 6) is 4.04. The molecule has 5 heterocycles. The van der Waals surface area contributed by atoms with Crippen LogP contribution in [0.25, 0.3) is 11.3 Å². The molecule has 0 aromatic carbocycles. The van der Waals surface area contributed by atoms with Crippen molar-refractivity contribution in [2.75, 3.05) is 60.6 Å². The van der Waals surface area contributed by atoms with Crippen molar-refractivity contribution in [3.8, 4) is 0 Å². The van der Waals surface area contributed by atoms with Gasteiger partial charge < -0.3 is 14.9 Å². The number of aliphatic hydroxyl groups excluding tert-OH is 1. The number of anilines is 2. The number of nitrogens with zero attached hydrogens (tertiary/aromatic N) is 7. The second kappa shape index (κ2) is 8.00. The van der Waals surface area contributed by atoms with E-state index in [1.807, 2.05) is 11.8 Å². The van der Waals surface area contributed by atoms with Crippen LogP contribution in [0, 0.1) is 0 Å². The summed E-state index contributed by atoms with van der Waals surface area (Å²) in [6.07, 6.45) is 4.04. The fraction of sp³-hybridized carbons (Fsp3) is 0.778. The third kappa shape index (κ3) is 3.65. The van der Waals surface area contributed by atoms with Crippen LogP contribution in [0.5, 0.6) is 0 Å². The van der Waals surface area contributed by atoms with Gasteiger partial charge in [0.15, 0.2) is 11.6 Å². The normalized spacial score (nSPS) is 25.5. The van der Waals surface area contributed by atoms with Gasteiger partial charge in [-0.2, -0.15) is 11.8 Å². The molecular formula is C18H27N7O2S. The summed E-state index contributed by atoms with van der Waals surface area (Å²) >= 11 is 1.98. The molecule has 1 unspecified atom stereocenters. The van der Waals surface area contributed by atoms with E-state index in [-0.39, 0.29) is 6.10 Å². The van der Waals surface area contributed by atoms with E-state index in [1.54, 1.807) is 0 Å². The van der Waals surface area contributed by atoms with Gasteiger partial charge >= 0.3 is 0 Å². The Bertz CT molecular complexity index is 804. The smallest absolute Gasteiger partial charge is 0.245 e. The molecule has 2 aromatic heterocycles. The van der Waals surface area contributed by atoms with Gasteiger partial charge in [0.05, 0.1) is 6.10 Å². The minimum absolute atomic E-state index is 0.164. The minimum Gasteiger partial charge on any atom is -0.392 e. The fourth-order valence-electron chi connectivity index (χ4n) is 4.58. The molecule has 3 saturated heterocycles. The summed E-state index contributed by atoms with van der Waals surface area (Å²) in [5.41, 5.74) is 0.959. The highest BCUT2D eigenvalue weighted by atomic mass is 32.2. The van der Waals surface area contributed by atoms with E-state index in [0.29, 0.717) is 17.3 Å². The maximum Gasteiger partial charge on any atom is 0.245 e. The van der Waals surface area contributed by atoms with Gasteiger partial charge in [-0.3, -0.25) is 4.90 Å². The van der Waals surface area contributed by atoms with Crippen LogP contribution in [0.2, 0.25) is 0 Å². The quantitative estimate of drug-likeness (QED) is 0.796. The first-order valence-electron chi connectivity index (χ1n) is 10.3. The Morgan fingerprint density at radius 3 is 2.14 bits per heavy atom. The van der Waals surface area contributed by atoms with E-state index >= 15 is 0 Å². The number of rotatable bonds is 3. The van der Waals surface area contributed by atoms with Crippen LogP contribution >= 0.6 is 11.8 Å². The largest absolute Gasteiger partial charge is 0.392 e. The molecule has 3 aliphatic heterocycles. The van der Waals surface area contributed by atoms with Crippen LogP contribution in [-0.2, 0) is 0 Å². The van der Waals surface area contributed by atoms with E-state index in [0.717, 1.165) is 88.1 Å². The first-order chi connectivity index (χ1) is 13.8. The lowest BCUT2D eigenvalue weighted by Gasteiger charge is -2.42. The van der Waals surface area contributed by atoms with Crippen LogP contribution in [-0.4, -0.2) is 93.2 Å². The SMILES string of the molecule is OC1CCCN(C2CCN(c3nc4nonc4nc3N3CCSCC3)CC2)C1. The van der Waals surface area contributed by atoms with E-state index in [1.165, 1.54) is 0 Å². The molecule has 0 amide bonds. The summed E-state index contributed by atoms with van der Waals surface area (Å²) < 4.78 is 4.86. The summed E-state index contributed by atoms with van der Waals surface area (Å²) in [4.78, 5) is 16.7. The number of fused-ring (bicyclic) bond motifs is 1. The number of piperidine rings is 2. The highest BCUT2D eigenvalue weighted by molar-refractivity contribution is 7.99. The zero-order chi connectivity index (χ0) is 18.9. The first kappa shape index (κ1) is 18.4. The van der Waals surface area contributed by atoms with Crippen molar-refractivity contribution in [1.29, 1.82) is 0 Å². The molecule has 0 spiro atoms. The van der Waals surface area contributed by atoms with Gasteiger partial charge in [0.1, 0.15) is 0 Å². The lowest BCUT2D eigenvalue weighted by atomic mass is 9.99. The van der Waals surface area contributed by atoms with Crippen molar-refractivity contribution in [3.05, 3.63) is 0 Å². The number of aliphatic hydroxyl groups is 1. The van der Waals surface area contributed by atoms with Gasteiger partial charge in [0, 0.05) is 50.3 Å². The molecule has 9 nitrogen and oxygen atoms in total. The van der Waals surface area contributed by atoms with Crippen LogP contribution < -0.4 is 9.80 Å². The standard InChI is InChI=1S/C18H27N7O2S/c26-14-2-1-5-25(12-14)13-3-6-23(7-4-13)17-18(24-8-10-28-11-9-24)20-16-15(19-17)21-27-22-16/h13-14,26H,1-12H2. The molecule has 3 fully saturated rings. The van der Waals surface area contributed by atoms with E-state index in [9.17, 15) is 5.11 Å². The monoisotopic (exact) mass is 405 g/mol. The van der Waals surface area contributed by atoms with Gasteiger partial charge in [-0.15, -0.1) is 0 Å². The summed E-state index contributed by atoms with van der Waals surface area (Å²) in [5, 5.41) is 17.8. The molecule has 5 rings (SSSR count).